The summed E-state index contributed by atoms with van der Waals surface area (Å²) in [6.07, 6.45) is 21.6. The van der Waals surface area contributed by atoms with Crippen molar-refractivity contribution in [2.75, 3.05) is 13.2 Å². The van der Waals surface area contributed by atoms with Crippen molar-refractivity contribution in [2.45, 2.75) is 65.2 Å². The molecule has 2 heteroatoms. The second-order valence-electron chi connectivity index (χ2n) is 4.61. The van der Waals surface area contributed by atoms with Crippen molar-refractivity contribution in [3.8, 4) is 0 Å². The van der Waals surface area contributed by atoms with Crippen molar-refractivity contribution < 1.29 is 10.2 Å². The molecule has 0 atom stereocenters. The summed E-state index contributed by atoms with van der Waals surface area (Å²) in [4.78, 5) is 0. The molecule has 20 heavy (non-hydrogen) atoms. The zero-order valence-electron chi connectivity index (χ0n) is 13.4. The van der Waals surface area contributed by atoms with Crippen LogP contribution in [0, 0.1) is 0 Å². The van der Waals surface area contributed by atoms with E-state index >= 15 is 0 Å². The van der Waals surface area contributed by atoms with Gasteiger partial charge < -0.3 is 10.2 Å². The third kappa shape index (κ3) is 25.9. The van der Waals surface area contributed by atoms with E-state index in [4.69, 9.17) is 10.2 Å². The molecule has 0 saturated carbocycles. The number of allylic oxidation sites excluding steroid dienone is 4. The molecule has 0 amide bonds. The third-order valence-corrected chi connectivity index (χ3v) is 2.67. The van der Waals surface area contributed by atoms with E-state index in [2.05, 4.69) is 32.1 Å². The molecule has 0 rings (SSSR count). The predicted octanol–water partition coefficient (Wildman–Crippen LogP) is 4.79. The topological polar surface area (TPSA) is 40.5 Å². The summed E-state index contributed by atoms with van der Waals surface area (Å²) in [6, 6.07) is 0. The maximum Gasteiger partial charge on any atom is 0.0612 e. The molecule has 2 N–H and O–H groups in total. The average Bonchev–Trinajstić information content (AvgIpc) is 2.47. The summed E-state index contributed by atoms with van der Waals surface area (Å²) < 4.78 is 0. The molecule has 0 heterocycles. The van der Waals surface area contributed by atoms with Crippen molar-refractivity contribution in [3.05, 3.63) is 36.5 Å². The smallest absolute Gasteiger partial charge is 0.0612 e. The van der Waals surface area contributed by atoms with E-state index in [-0.39, 0.29) is 13.2 Å². The van der Waals surface area contributed by atoms with Crippen LogP contribution in [0.1, 0.15) is 65.2 Å². The van der Waals surface area contributed by atoms with E-state index in [0.29, 0.717) is 0 Å². The number of aliphatic hydroxyl groups excluding tert-OH is 2. The van der Waals surface area contributed by atoms with Gasteiger partial charge in [0.05, 0.1) is 13.2 Å². The highest BCUT2D eigenvalue weighted by molar-refractivity contribution is 4.87. The molecule has 0 unspecified atom stereocenters. The Kier molecular flexibility index (Phi) is 24.9. The van der Waals surface area contributed by atoms with Crippen molar-refractivity contribution in [2.24, 2.45) is 0 Å². The van der Waals surface area contributed by atoms with Crippen molar-refractivity contribution in [3.63, 3.8) is 0 Å². The Hall–Kier alpha value is -0.860. The maximum atomic E-state index is 8.38. The van der Waals surface area contributed by atoms with E-state index < -0.39 is 0 Å². The van der Waals surface area contributed by atoms with Gasteiger partial charge in [-0.15, -0.1) is 0 Å². The van der Waals surface area contributed by atoms with Crippen LogP contribution in [-0.4, -0.2) is 23.4 Å². The summed E-state index contributed by atoms with van der Waals surface area (Å²) in [7, 11) is 0. The Morgan fingerprint density at radius 1 is 0.600 bits per heavy atom. The minimum absolute atomic E-state index is 0.164. The first kappa shape index (κ1) is 21.4. The molecule has 0 aromatic heterocycles. The van der Waals surface area contributed by atoms with E-state index in [0.717, 1.165) is 25.7 Å². The summed E-state index contributed by atoms with van der Waals surface area (Å²) in [6.45, 7) is 4.69. The molecule has 0 aliphatic carbocycles. The normalized spacial score (nSPS) is 11.4. The minimum atomic E-state index is 0.164. The average molecular weight is 282 g/mol. The summed E-state index contributed by atoms with van der Waals surface area (Å²) in [5, 5.41) is 16.7. The second-order valence-corrected chi connectivity index (χ2v) is 4.61. The molecule has 0 fully saturated rings. The number of unbranched alkanes of at least 4 members (excludes halogenated alkanes) is 5. The molecule has 0 aromatic rings. The van der Waals surface area contributed by atoms with Crippen LogP contribution in [-0.2, 0) is 0 Å². The van der Waals surface area contributed by atoms with Gasteiger partial charge in [-0.2, -0.15) is 0 Å². The van der Waals surface area contributed by atoms with Crippen molar-refractivity contribution in [1.82, 2.24) is 0 Å². The first-order chi connectivity index (χ1) is 9.83. The molecule has 0 aliphatic rings. The van der Waals surface area contributed by atoms with E-state index in [9.17, 15) is 0 Å². The Morgan fingerprint density at radius 3 is 1.65 bits per heavy atom. The molecule has 2 nitrogen and oxygen atoms in total. The van der Waals surface area contributed by atoms with Gasteiger partial charge >= 0.3 is 0 Å². The van der Waals surface area contributed by atoms with Crippen LogP contribution in [0.5, 0.6) is 0 Å². The van der Waals surface area contributed by atoms with Gasteiger partial charge in [-0.25, -0.2) is 0 Å². The fourth-order valence-corrected chi connectivity index (χ4v) is 1.55. The van der Waals surface area contributed by atoms with Crippen LogP contribution >= 0.6 is 0 Å². The molecular formula is C18H34O2. The van der Waals surface area contributed by atoms with Crippen LogP contribution in [0.4, 0.5) is 0 Å². The Balaban J connectivity index is 0. The predicted molar refractivity (Wildman–Crippen MR) is 89.9 cm³/mol. The number of rotatable bonds is 11. The van der Waals surface area contributed by atoms with E-state index in [1.165, 1.54) is 25.7 Å². The molecule has 0 aliphatic heterocycles. The van der Waals surface area contributed by atoms with Gasteiger partial charge in [0.2, 0.25) is 0 Å². The number of hydrogen-bond acceptors (Lipinski definition) is 2. The Morgan fingerprint density at radius 2 is 1.15 bits per heavy atom. The van der Waals surface area contributed by atoms with Crippen molar-refractivity contribution >= 4 is 0 Å². The fourth-order valence-electron chi connectivity index (χ4n) is 1.55. The standard InChI is InChI=1S/C9H18O.C9H16O/c2*1-2-3-4-5-6-7-8-9-10/h7-8,10H,2-6,9H2,1H3;3-4,7-8,10H,2,5-6,9H2,1H3/b8-7+;4-3-,8-7+. The Labute approximate surface area is 125 Å². The quantitative estimate of drug-likeness (QED) is 0.422. The van der Waals surface area contributed by atoms with Crippen LogP contribution in [0.3, 0.4) is 0 Å². The highest BCUT2D eigenvalue weighted by atomic mass is 16.3. The zero-order valence-corrected chi connectivity index (χ0v) is 13.4. The van der Waals surface area contributed by atoms with Crippen LogP contribution in [0.15, 0.2) is 36.5 Å². The SMILES string of the molecule is CC/C=C\CC/C=C/CO.CCCCCC/C=C/CO. The molecule has 0 saturated heterocycles. The van der Waals surface area contributed by atoms with Crippen LogP contribution in [0.2, 0.25) is 0 Å². The molecule has 0 spiro atoms. The van der Waals surface area contributed by atoms with Gasteiger partial charge in [0, 0.05) is 0 Å². The summed E-state index contributed by atoms with van der Waals surface area (Å²) in [5.41, 5.74) is 0. The number of hydrogen-bond donors (Lipinski definition) is 2. The lowest BCUT2D eigenvalue weighted by atomic mass is 10.1. The lowest BCUT2D eigenvalue weighted by Crippen LogP contribution is -1.75. The highest BCUT2D eigenvalue weighted by Gasteiger charge is 1.83. The largest absolute Gasteiger partial charge is 0.392 e. The fraction of sp³-hybridized carbons (Fsp3) is 0.667. The molecule has 0 aromatic carbocycles. The summed E-state index contributed by atoms with van der Waals surface area (Å²) >= 11 is 0. The lowest BCUT2D eigenvalue weighted by Gasteiger charge is -1.92. The minimum Gasteiger partial charge on any atom is -0.392 e. The molecular weight excluding hydrogens is 248 g/mol. The number of aliphatic hydroxyl groups is 2. The van der Waals surface area contributed by atoms with Gasteiger partial charge in [-0.3, -0.25) is 0 Å². The van der Waals surface area contributed by atoms with Crippen LogP contribution in [0.25, 0.3) is 0 Å². The third-order valence-electron chi connectivity index (χ3n) is 2.67. The van der Waals surface area contributed by atoms with Crippen molar-refractivity contribution in [1.29, 1.82) is 0 Å². The zero-order chi connectivity index (χ0) is 15.3. The first-order valence-electron chi connectivity index (χ1n) is 8.00. The van der Waals surface area contributed by atoms with Crippen LogP contribution < -0.4 is 0 Å². The molecule has 0 radical (unpaired) electrons. The summed E-state index contributed by atoms with van der Waals surface area (Å²) in [5.74, 6) is 0. The monoisotopic (exact) mass is 282 g/mol. The molecule has 0 bridgehead atoms. The van der Waals surface area contributed by atoms with Gasteiger partial charge in [0.1, 0.15) is 0 Å². The lowest BCUT2D eigenvalue weighted by molar-refractivity contribution is 0.342. The second kappa shape index (κ2) is 23.2. The first-order valence-corrected chi connectivity index (χ1v) is 8.00. The van der Waals surface area contributed by atoms with E-state index in [1.54, 1.807) is 6.08 Å². The van der Waals surface area contributed by atoms with E-state index in [1.807, 2.05) is 12.2 Å². The van der Waals surface area contributed by atoms with Gasteiger partial charge in [-0.1, -0.05) is 69.6 Å². The van der Waals surface area contributed by atoms with Gasteiger partial charge in [0.25, 0.3) is 0 Å². The van der Waals surface area contributed by atoms with Gasteiger partial charge in [-0.05, 0) is 32.1 Å². The molecule has 118 valence electrons. The highest BCUT2D eigenvalue weighted by Crippen LogP contribution is 2.02. The van der Waals surface area contributed by atoms with Gasteiger partial charge in [0.15, 0.2) is 0 Å². The Bertz CT molecular complexity index is 216. The maximum absolute atomic E-state index is 8.38.